The van der Waals surface area contributed by atoms with E-state index in [0.717, 1.165) is 18.4 Å². The molecule has 0 radical (unpaired) electrons. The Morgan fingerprint density at radius 2 is 2.00 bits per heavy atom. The van der Waals surface area contributed by atoms with Crippen LogP contribution in [0.2, 0.25) is 0 Å². The quantitative estimate of drug-likeness (QED) is 0.525. The maximum atomic E-state index is 12.0. The van der Waals surface area contributed by atoms with Gasteiger partial charge in [0.1, 0.15) is 5.83 Å². The summed E-state index contributed by atoms with van der Waals surface area (Å²) in [6.07, 6.45) is 4.95. The zero-order chi connectivity index (χ0) is 7.98. The smallest absolute Gasteiger partial charge is 0.116 e. The van der Waals surface area contributed by atoms with Crippen LogP contribution in [0.5, 0.6) is 0 Å². The molecule has 0 aliphatic rings. The van der Waals surface area contributed by atoms with Gasteiger partial charge in [-0.3, -0.25) is 0 Å². The molecular weight excluding hydrogens is 127 g/mol. The molecule has 0 fully saturated rings. The van der Waals surface area contributed by atoms with E-state index in [4.69, 9.17) is 0 Å². The van der Waals surface area contributed by atoms with E-state index in [1.165, 1.54) is 6.08 Å². The molecule has 0 aromatic rings. The summed E-state index contributed by atoms with van der Waals surface area (Å²) in [6, 6.07) is 0. The number of rotatable bonds is 4. The lowest BCUT2D eigenvalue weighted by Gasteiger charge is -1.92. The summed E-state index contributed by atoms with van der Waals surface area (Å²) >= 11 is 0. The second kappa shape index (κ2) is 4.98. The number of hydrogen-bond donors (Lipinski definition) is 0. The van der Waals surface area contributed by atoms with Gasteiger partial charge in [-0.15, -0.1) is 0 Å². The molecule has 0 amide bonds. The molecular formula is C9H13F. The van der Waals surface area contributed by atoms with Crippen LogP contribution < -0.4 is 0 Å². The molecule has 0 atom stereocenters. The summed E-state index contributed by atoms with van der Waals surface area (Å²) in [6.45, 7) is 8.87. The highest BCUT2D eigenvalue weighted by atomic mass is 19.1. The third-order valence-electron chi connectivity index (χ3n) is 1.07. The van der Waals surface area contributed by atoms with Crippen LogP contribution in [-0.4, -0.2) is 0 Å². The SMILES string of the molecule is C=C(F)/C=C\C(=C)CCC. The summed E-state index contributed by atoms with van der Waals surface area (Å²) in [5.74, 6) is -0.419. The molecule has 0 rings (SSSR count). The average Bonchev–Trinajstić information content (AvgIpc) is 1.85. The van der Waals surface area contributed by atoms with Crippen LogP contribution in [-0.2, 0) is 0 Å². The topological polar surface area (TPSA) is 0 Å². The van der Waals surface area contributed by atoms with Gasteiger partial charge in [-0.1, -0.05) is 38.2 Å². The predicted molar refractivity (Wildman–Crippen MR) is 43.4 cm³/mol. The van der Waals surface area contributed by atoms with Gasteiger partial charge in [-0.05, 0) is 12.5 Å². The molecule has 0 aliphatic heterocycles. The van der Waals surface area contributed by atoms with Gasteiger partial charge >= 0.3 is 0 Å². The fourth-order valence-corrected chi connectivity index (χ4v) is 0.613. The Morgan fingerprint density at radius 3 is 2.40 bits per heavy atom. The van der Waals surface area contributed by atoms with Crippen molar-refractivity contribution < 1.29 is 4.39 Å². The summed E-state index contributed by atoms with van der Waals surface area (Å²) in [7, 11) is 0. The third kappa shape index (κ3) is 5.29. The standard InChI is InChI=1S/C9H13F/c1-4-5-8(2)6-7-9(3)10/h6-7H,2-5H2,1H3/b7-6-. The van der Waals surface area contributed by atoms with E-state index in [0.29, 0.717) is 0 Å². The van der Waals surface area contributed by atoms with Gasteiger partial charge in [0.25, 0.3) is 0 Å². The molecule has 0 bridgehead atoms. The monoisotopic (exact) mass is 140 g/mol. The Labute approximate surface area is 61.8 Å². The third-order valence-corrected chi connectivity index (χ3v) is 1.07. The lowest BCUT2D eigenvalue weighted by molar-refractivity contribution is 0.671. The molecule has 0 aromatic carbocycles. The molecule has 0 N–H and O–H groups in total. The highest BCUT2D eigenvalue weighted by molar-refractivity contribution is 5.20. The number of halogens is 1. The molecule has 0 spiro atoms. The second-order valence-electron chi connectivity index (χ2n) is 2.19. The van der Waals surface area contributed by atoms with Crippen molar-refractivity contribution >= 4 is 0 Å². The van der Waals surface area contributed by atoms with Crippen molar-refractivity contribution in [2.24, 2.45) is 0 Å². The zero-order valence-corrected chi connectivity index (χ0v) is 6.36. The average molecular weight is 140 g/mol. The Bertz CT molecular complexity index is 154. The van der Waals surface area contributed by atoms with Crippen molar-refractivity contribution in [2.45, 2.75) is 19.8 Å². The zero-order valence-electron chi connectivity index (χ0n) is 6.36. The minimum absolute atomic E-state index is 0.419. The Balaban J connectivity index is 3.67. The van der Waals surface area contributed by atoms with Gasteiger partial charge in [0.05, 0.1) is 0 Å². The first-order valence-electron chi connectivity index (χ1n) is 3.37. The van der Waals surface area contributed by atoms with E-state index >= 15 is 0 Å². The van der Waals surface area contributed by atoms with Crippen LogP contribution in [0.1, 0.15) is 19.8 Å². The van der Waals surface area contributed by atoms with Crippen LogP contribution >= 0.6 is 0 Å². The van der Waals surface area contributed by atoms with Crippen LogP contribution in [0, 0.1) is 0 Å². The normalized spacial score (nSPS) is 10.2. The molecule has 0 heterocycles. The second-order valence-corrected chi connectivity index (χ2v) is 2.19. The van der Waals surface area contributed by atoms with Gasteiger partial charge < -0.3 is 0 Å². The molecule has 1 heteroatoms. The van der Waals surface area contributed by atoms with E-state index in [1.54, 1.807) is 6.08 Å². The first-order chi connectivity index (χ1) is 4.66. The Kier molecular flexibility index (Phi) is 4.55. The highest BCUT2D eigenvalue weighted by Gasteiger charge is 1.85. The van der Waals surface area contributed by atoms with Crippen molar-refractivity contribution in [3.05, 3.63) is 36.7 Å². The fraction of sp³-hybridized carbons (Fsp3) is 0.333. The molecule has 0 unspecified atom stereocenters. The maximum absolute atomic E-state index is 12.0. The van der Waals surface area contributed by atoms with Gasteiger partial charge in [-0.2, -0.15) is 0 Å². The minimum Gasteiger partial charge on any atom is -0.208 e. The molecule has 10 heavy (non-hydrogen) atoms. The van der Waals surface area contributed by atoms with E-state index in [9.17, 15) is 4.39 Å². The van der Waals surface area contributed by atoms with E-state index in [-0.39, 0.29) is 0 Å². The summed E-state index contributed by atoms with van der Waals surface area (Å²) < 4.78 is 12.0. The first-order valence-corrected chi connectivity index (χ1v) is 3.37. The lowest BCUT2D eigenvalue weighted by atomic mass is 10.1. The van der Waals surface area contributed by atoms with Crippen LogP contribution in [0.4, 0.5) is 4.39 Å². The number of hydrogen-bond acceptors (Lipinski definition) is 0. The van der Waals surface area contributed by atoms with Crippen LogP contribution in [0.3, 0.4) is 0 Å². The van der Waals surface area contributed by atoms with E-state index in [1.807, 2.05) is 0 Å². The maximum Gasteiger partial charge on any atom is 0.116 e. The lowest BCUT2D eigenvalue weighted by Crippen LogP contribution is -1.72. The van der Waals surface area contributed by atoms with Crippen molar-refractivity contribution in [1.29, 1.82) is 0 Å². The molecule has 0 nitrogen and oxygen atoms in total. The molecule has 0 aromatic heterocycles. The first kappa shape index (κ1) is 9.15. The molecule has 0 saturated heterocycles. The largest absolute Gasteiger partial charge is 0.208 e. The fourth-order valence-electron chi connectivity index (χ4n) is 0.613. The summed E-state index contributed by atoms with van der Waals surface area (Å²) in [5, 5.41) is 0. The Morgan fingerprint density at radius 1 is 1.40 bits per heavy atom. The summed E-state index contributed by atoms with van der Waals surface area (Å²) in [4.78, 5) is 0. The molecule has 56 valence electrons. The predicted octanol–water partition coefficient (Wildman–Crippen LogP) is 3.38. The van der Waals surface area contributed by atoms with Crippen molar-refractivity contribution in [3.63, 3.8) is 0 Å². The van der Waals surface area contributed by atoms with E-state index < -0.39 is 5.83 Å². The molecule has 0 aliphatic carbocycles. The Hall–Kier alpha value is -0.850. The van der Waals surface area contributed by atoms with Crippen molar-refractivity contribution in [1.82, 2.24) is 0 Å². The van der Waals surface area contributed by atoms with Crippen molar-refractivity contribution in [3.8, 4) is 0 Å². The van der Waals surface area contributed by atoms with Crippen LogP contribution in [0.25, 0.3) is 0 Å². The van der Waals surface area contributed by atoms with E-state index in [2.05, 4.69) is 20.1 Å². The van der Waals surface area contributed by atoms with Gasteiger partial charge in [0.2, 0.25) is 0 Å². The van der Waals surface area contributed by atoms with Gasteiger partial charge in [-0.25, -0.2) is 4.39 Å². The van der Waals surface area contributed by atoms with Crippen LogP contribution in [0.15, 0.2) is 36.7 Å². The number of allylic oxidation sites excluding steroid dienone is 4. The van der Waals surface area contributed by atoms with Gasteiger partial charge in [0.15, 0.2) is 0 Å². The minimum atomic E-state index is -0.419. The highest BCUT2D eigenvalue weighted by Crippen LogP contribution is 2.04. The summed E-state index contributed by atoms with van der Waals surface area (Å²) in [5.41, 5.74) is 0.946. The molecule has 0 saturated carbocycles. The van der Waals surface area contributed by atoms with Gasteiger partial charge in [0, 0.05) is 0 Å². The van der Waals surface area contributed by atoms with Crippen molar-refractivity contribution in [2.75, 3.05) is 0 Å².